The van der Waals surface area contributed by atoms with E-state index in [-0.39, 0.29) is 0 Å². The van der Waals surface area contributed by atoms with Gasteiger partial charge in [0.15, 0.2) is 0 Å². The Morgan fingerprint density at radius 2 is 1.83 bits per heavy atom. The van der Waals surface area contributed by atoms with Gasteiger partial charge < -0.3 is 5.73 Å². The van der Waals surface area contributed by atoms with Crippen molar-refractivity contribution in [1.29, 1.82) is 0 Å². The van der Waals surface area contributed by atoms with Crippen LogP contribution in [0.1, 0.15) is 18.1 Å². The van der Waals surface area contributed by atoms with Crippen molar-refractivity contribution in [2.75, 3.05) is 5.73 Å². The summed E-state index contributed by atoms with van der Waals surface area (Å²) in [5.41, 5.74) is 11.8. The van der Waals surface area contributed by atoms with Gasteiger partial charge in [0.25, 0.3) is 0 Å². The van der Waals surface area contributed by atoms with E-state index in [4.69, 9.17) is 5.73 Å². The standard InChI is InChI=1S/C17H15N/c1-3-6-12-11(4-2)13-7-5-8-15-16(18)10-9-14(12)17(13)15/h3-10H,2,18H2,1H3/b6-3-. The van der Waals surface area contributed by atoms with E-state index in [1.54, 1.807) is 0 Å². The summed E-state index contributed by atoms with van der Waals surface area (Å²) in [6.45, 7) is 5.98. The fourth-order valence-electron chi connectivity index (χ4n) is 2.73. The molecule has 1 aliphatic carbocycles. The summed E-state index contributed by atoms with van der Waals surface area (Å²) in [4.78, 5) is 0. The molecule has 0 spiro atoms. The summed E-state index contributed by atoms with van der Waals surface area (Å²) in [6.07, 6.45) is 6.13. The largest absolute Gasteiger partial charge is 0.398 e. The molecule has 0 saturated heterocycles. The van der Waals surface area contributed by atoms with Crippen molar-refractivity contribution >= 4 is 27.6 Å². The van der Waals surface area contributed by atoms with E-state index >= 15 is 0 Å². The summed E-state index contributed by atoms with van der Waals surface area (Å²) in [5.74, 6) is 0. The molecular weight excluding hydrogens is 218 g/mol. The van der Waals surface area contributed by atoms with Gasteiger partial charge in [-0.25, -0.2) is 0 Å². The van der Waals surface area contributed by atoms with Gasteiger partial charge in [-0.2, -0.15) is 0 Å². The van der Waals surface area contributed by atoms with E-state index in [0.717, 1.165) is 11.1 Å². The van der Waals surface area contributed by atoms with Gasteiger partial charge in [-0.15, -0.1) is 0 Å². The first-order valence-electron chi connectivity index (χ1n) is 6.09. The van der Waals surface area contributed by atoms with Gasteiger partial charge >= 0.3 is 0 Å². The molecule has 2 aromatic rings. The van der Waals surface area contributed by atoms with Crippen molar-refractivity contribution in [2.45, 2.75) is 6.92 Å². The molecule has 1 heteroatoms. The molecule has 0 saturated carbocycles. The van der Waals surface area contributed by atoms with Crippen LogP contribution >= 0.6 is 0 Å². The van der Waals surface area contributed by atoms with Gasteiger partial charge in [0.1, 0.15) is 0 Å². The summed E-state index contributed by atoms with van der Waals surface area (Å²) >= 11 is 0. The summed E-state index contributed by atoms with van der Waals surface area (Å²) in [5, 5.41) is 2.38. The number of nitrogen functional groups attached to an aromatic ring is 1. The van der Waals surface area contributed by atoms with Crippen LogP contribution in [0.15, 0.2) is 55.1 Å². The highest BCUT2D eigenvalue weighted by Crippen LogP contribution is 2.44. The monoisotopic (exact) mass is 233 g/mol. The van der Waals surface area contributed by atoms with Crippen LogP contribution in [0, 0.1) is 0 Å². The fraction of sp³-hybridized carbons (Fsp3) is 0.0588. The molecule has 0 fully saturated rings. The third-order valence-corrected chi connectivity index (χ3v) is 3.48. The highest BCUT2D eigenvalue weighted by Gasteiger charge is 2.21. The first kappa shape index (κ1) is 10.8. The summed E-state index contributed by atoms with van der Waals surface area (Å²) < 4.78 is 0. The molecule has 0 radical (unpaired) electrons. The van der Waals surface area contributed by atoms with Crippen LogP contribution < -0.4 is 5.73 Å². The van der Waals surface area contributed by atoms with E-state index in [2.05, 4.69) is 43.0 Å². The zero-order valence-corrected chi connectivity index (χ0v) is 10.4. The lowest BCUT2D eigenvalue weighted by Gasteiger charge is -2.05. The molecule has 88 valence electrons. The molecule has 0 amide bonds. The van der Waals surface area contributed by atoms with Crippen LogP contribution in [0.3, 0.4) is 0 Å². The SMILES string of the molecule is C=CC1=C(/C=C\C)c2ccc(N)c3cccc1c23. The van der Waals surface area contributed by atoms with Crippen LogP contribution in [0.5, 0.6) is 0 Å². The maximum Gasteiger partial charge on any atom is 0.0394 e. The minimum absolute atomic E-state index is 0.834. The van der Waals surface area contributed by atoms with E-state index in [9.17, 15) is 0 Å². The van der Waals surface area contributed by atoms with Crippen LogP contribution in [0.2, 0.25) is 0 Å². The van der Waals surface area contributed by atoms with Gasteiger partial charge in [0.2, 0.25) is 0 Å². The summed E-state index contributed by atoms with van der Waals surface area (Å²) in [6, 6.07) is 10.4. The van der Waals surface area contributed by atoms with Gasteiger partial charge in [0, 0.05) is 11.1 Å². The first-order chi connectivity index (χ1) is 8.77. The molecule has 0 atom stereocenters. The number of nitrogens with two attached hydrogens (primary N) is 1. The third-order valence-electron chi connectivity index (χ3n) is 3.48. The van der Waals surface area contributed by atoms with Gasteiger partial charge in [0.05, 0.1) is 0 Å². The molecule has 0 aliphatic heterocycles. The molecule has 3 rings (SSSR count). The molecule has 0 heterocycles. The third kappa shape index (κ3) is 1.28. The second-order valence-electron chi connectivity index (χ2n) is 4.46. The predicted molar refractivity (Wildman–Crippen MR) is 80.2 cm³/mol. The van der Waals surface area contributed by atoms with Crippen molar-refractivity contribution in [3.05, 3.63) is 66.3 Å². The van der Waals surface area contributed by atoms with Crippen molar-refractivity contribution in [3.63, 3.8) is 0 Å². The molecule has 1 aliphatic rings. The number of rotatable bonds is 2. The van der Waals surface area contributed by atoms with Gasteiger partial charge in [-0.1, -0.05) is 49.1 Å². The van der Waals surface area contributed by atoms with Crippen LogP contribution in [-0.4, -0.2) is 0 Å². The molecular formula is C17H15N. The second-order valence-corrected chi connectivity index (χ2v) is 4.46. The van der Waals surface area contributed by atoms with Crippen LogP contribution in [-0.2, 0) is 0 Å². The van der Waals surface area contributed by atoms with E-state index < -0.39 is 0 Å². The lowest BCUT2D eigenvalue weighted by atomic mass is 10.0. The first-order valence-corrected chi connectivity index (χ1v) is 6.09. The number of benzene rings is 2. The predicted octanol–water partition coefficient (Wildman–Crippen LogP) is 4.41. The topological polar surface area (TPSA) is 26.0 Å². The number of hydrogen-bond acceptors (Lipinski definition) is 1. The number of anilines is 1. The van der Waals surface area contributed by atoms with Crippen molar-refractivity contribution in [1.82, 2.24) is 0 Å². The molecule has 0 bridgehead atoms. The van der Waals surface area contributed by atoms with Crippen molar-refractivity contribution in [3.8, 4) is 0 Å². The fourth-order valence-corrected chi connectivity index (χ4v) is 2.73. The Morgan fingerprint density at radius 1 is 1.06 bits per heavy atom. The molecule has 0 unspecified atom stereocenters. The van der Waals surface area contributed by atoms with Crippen molar-refractivity contribution in [2.24, 2.45) is 0 Å². The van der Waals surface area contributed by atoms with Crippen LogP contribution in [0.25, 0.3) is 21.9 Å². The summed E-state index contributed by atoms with van der Waals surface area (Å²) in [7, 11) is 0. The van der Waals surface area contributed by atoms with E-state index in [1.165, 1.54) is 27.7 Å². The average molecular weight is 233 g/mol. The molecule has 2 N–H and O–H groups in total. The smallest absolute Gasteiger partial charge is 0.0394 e. The lowest BCUT2D eigenvalue weighted by Crippen LogP contribution is -1.89. The lowest BCUT2D eigenvalue weighted by molar-refractivity contribution is 1.68. The zero-order valence-electron chi connectivity index (χ0n) is 10.4. The van der Waals surface area contributed by atoms with Gasteiger partial charge in [-0.05, 0) is 40.6 Å². The minimum Gasteiger partial charge on any atom is -0.398 e. The zero-order chi connectivity index (χ0) is 12.7. The normalized spacial score (nSPS) is 13.8. The Labute approximate surface area is 107 Å². The maximum atomic E-state index is 6.07. The van der Waals surface area contributed by atoms with Gasteiger partial charge in [-0.3, -0.25) is 0 Å². The maximum absolute atomic E-state index is 6.07. The molecule has 1 nitrogen and oxygen atoms in total. The minimum atomic E-state index is 0.834. The Morgan fingerprint density at radius 3 is 2.56 bits per heavy atom. The highest BCUT2D eigenvalue weighted by molar-refractivity contribution is 6.19. The highest BCUT2D eigenvalue weighted by atomic mass is 14.6. The Kier molecular flexibility index (Phi) is 2.34. The molecule has 18 heavy (non-hydrogen) atoms. The Bertz CT molecular complexity index is 718. The molecule has 0 aromatic heterocycles. The second kappa shape index (κ2) is 3.88. The quantitative estimate of drug-likeness (QED) is 0.764. The Balaban J connectivity index is 2.49. The molecule has 2 aromatic carbocycles. The number of allylic oxidation sites excluding steroid dienone is 5. The van der Waals surface area contributed by atoms with Crippen molar-refractivity contribution < 1.29 is 0 Å². The van der Waals surface area contributed by atoms with E-state index in [0.29, 0.717) is 0 Å². The Hall–Kier alpha value is -2.28. The van der Waals surface area contributed by atoms with E-state index in [1.807, 2.05) is 19.1 Å². The average Bonchev–Trinajstić information content (AvgIpc) is 2.69. The van der Waals surface area contributed by atoms with Crippen LogP contribution in [0.4, 0.5) is 5.69 Å². The number of hydrogen-bond donors (Lipinski definition) is 1.